The lowest BCUT2D eigenvalue weighted by Crippen LogP contribution is -2.40. The first kappa shape index (κ1) is 15.0. The number of rotatable bonds is 0. The van der Waals surface area contributed by atoms with Gasteiger partial charge in [-0.3, -0.25) is 4.90 Å². The molecule has 0 unspecified atom stereocenters. The number of thioether (sulfide) groups is 2. The fourth-order valence-corrected chi connectivity index (χ4v) is 6.04. The number of hydrogen-bond acceptors (Lipinski definition) is 4. The van der Waals surface area contributed by atoms with E-state index in [0.717, 1.165) is 0 Å². The molecule has 0 fully saturated rings. The lowest BCUT2D eigenvalue weighted by molar-refractivity contribution is 0.111. The SMILES string of the molecule is COC(=O)N1[C@@H]2Sc3ccc(C)cc3[C@H]1Sc1ccc(C)cc12. The number of methoxy groups -OCH3 is 1. The molecule has 0 saturated carbocycles. The predicted octanol–water partition coefficient (Wildman–Crippen LogP) is 5.28. The van der Waals surface area contributed by atoms with Gasteiger partial charge in [-0.1, -0.05) is 58.9 Å². The van der Waals surface area contributed by atoms with E-state index in [1.54, 1.807) is 23.5 Å². The van der Waals surface area contributed by atoms with Gasteiger partial charge >= 0.3 is 6.09 Å². The highest BCUT2D eigenvalue weighted by Gasteiger charge is 2.44. The number of carbonyl (C=O) groups is 1. The van der Waals surface area contributed by atoms with E-state index in [1.165, 1.54) is 39.2 Å². The summed E-state index contributed by atoms with van der Waals surface area (Å²) in [5, 5.41) is -0.0578. The van der Waals surface area contributed by atoms with E-state index < -0.39 is 0 Å². The highest BCUT2D eigenvalue weighted by Crippen LogP contribution is 2.60. The van der Waals surface area contributed by atoms with E-state index in [4.69, 9.17) is 4.74 Å². The van der Waals surface area contributed by atoms with Crippen LogP contribution in [0, 0.1) is 13.8 Å². The van der Waals surface area contributed by atoms with Crippen LogP contribution < -0.4 is 0 Å². The van der Waals surface area contributed by atoms with Crippen LogP contribution in [0.4, 0.5) is 4.79 Å². The Morgan fingerprint density at radius 2 is 1.43 bits per heavy atom. The Balaban J connectivity index is 1.91. The average molecular weight is 343 g/mol. The summed E-state index contributed by atoms with van der Waals surface area (Å²) in [6, 6.07) is 13.0. The molecular weight excluding hydrogens is 326 g/mol. The van der Waals surface area contributed by atoms with Crippen molar-refractivity contribution in [2.24, 2.45) is 0 Å². The van der Waals surface area contributed by atoms with Gasteiger partial charge in [-0.15, -0.1) is 0 Å². The van der Waals surface area contributed by atoms with Gasteiger partial charge in [-0.25, -0.2) is 4.79 Å². The summed E-state index contributed by atoms with van der Waals surface area (Å²) >= 11 is 3.47. The first-order valence-electron chi connectivity index (χ1n) is 7.49. The molecule has 2 atom stereocenters. The Morgan fingerprint density at radius 3 is 1.87 bits per heavy atom. The van der Waals surface area contributed by atoms with Crippen LogP contribution in [0.5, 0.6) is 0 Å². The van der Waals surface area contributed by atoms with Crippen molar-refractivity contribution in [2.45, 2.75) is 34.4 Å². The van der Waals surface area contributed by atoms with Crippen molar-refractivity contribution in [3.8, 4) is 0 Å². The zero-order valence-corrected chi connectivity index (χ0v) is 14.8. The molecule has 0 saturated heterocycles. The van der Waals surface area contributed by atoms with Crippen molar-refractivity contribution >= 4 is 29.6 Å². The Hall–Kier alpha value is -1.59. The number of carbonyl (C=O) groups excluding carboxylic acids is 1. The second kappa shape index (κ2) is 5.49. The molecule has 118 valence electrons. The minimum atomic E-state index is -0.265. The number of nitrogens with zero attached hydrogens (tertiary/aromatic N) is 1. The Kier molecular flexibility index (Phi) is 3.58. The molecule has 0 aromatic heterocycles. The van der Waals surface area contributed by atoms with E-state index >= 15 is 0 Å². The fourth-order valence-electron chi connectivity index (χ4n) is 3.14. The third-order valence-corrected chi connectivity index (χ3v) is 6.89. The van der Waals surface area contributed by atoms with Gasteiger partial charge in [-0.2, -0.15) is 0 Å². The number of fused-ring (bicyclic) bond motifs is 6. The first-order valence-corrected chi connectivity index (χ1v) is 9.25. The number of amides is 1. The van der Waals surface area contributed by atoms with Gasteiger partial charge in [0.25, 0.3) is 0 Å². The van der Waals surface area contributed by atoms with Crippen LogP contribution in [0.1, 0.15) is 33.0 Å². The van der Waals surface area contributed by atoms with Crippen molar-refractivity contribution in [1.29, 1.82) is 0 Å². The summed E-state index contributed by atoms with van der Waals surface area (Å²) in [5.41, 5.74) is 4.83. The lowest BCUT2D eigenvalue weighted by atomic mass is 10.1. The minimum absolute atomic E-state index is 0.0289. The second-order valence-corrected chi connectivity index (χ2v) is 8.14. The van der Waals surface area contributed by atoms with Gasteiger partial charge in [-0.05, 0) is 37.1 Å². The van der Waals surface area contributed by atoms with Crippen molar-refractivity contribution in [2.75, 3.05) is 7.11 Å². The molecule has 2 heterocycles. The molecule has 0 spiro atoms. The van der Waals surface area contributed by atoms with E-state index in [1.807, 2.05) is 4.90 Å². The van der Waals surface area contributed by atoms with E-state index in [0.29, 0.717) is 0 Å². The Morgan fingerprint density at radius 1 is 0.957 bits per heavy atom. The summed E-state index contributed by atoms with van der Waals surface area (Å²) < 4.78 is 5.08. The largest absolute Gasteiger partial charge is 0.453 e. The molecule has 2 aromatic carbocycles. The molecule has 1 amide bonds. The van der Waals surface area contributed by atoms with Gasteiger partial charge in [0.2, 0.25) is 0 Å². The van der Waals surface area contributed by atoms with E-state index in [-0.39, 0.29) is 16.8 Å². The molecule has 0 aliphatic carbocycles. The van der Waals surface area contributed by atoms with E-state index in [2.05, 4.69) is 50.2 Å². The minimum Gasteiger partial charge on any atom is -0.453 e. The van der Waals surface area contributed by atoms with Gasteiger partial charge in [0.05, 0.1) is 7.11 Å². The van der Waals surface area contributed by atoms with Crippen molar-refractivity contribution in [1.82, 2.24) is 4.90 Å². The third kappa shape index (κ3) is 2.34. The van der Waals surface area contributed by atoms with Gasteiger partial charge in [0, 0.05) is 9.79 Å². The summed E-state index contributed by atoms with van der Waals surface area (Å²) in [6.45, 7) is 4.18. The number of aryl methyl sites for hydroxylation is 2. The molecule has 2 aliphatic rings. The third-order valence-electron chi connectivity index (χ3n) is 4.23. The quantitative estimate of drug-likeness (QED) is 0.651. The molecule has 0 radical (unpaired) electrons. The van der Waals surface area contributed by atoms with Crippen LogP contribution >= 0.6 is 23.5 Å². The molecule has 0 N–H and O–H groups in total. The maximum absolute atomic E-state index is 12.4. The van der Waals surface area contributed by atoms with E-state index in [9.17, 15) is 4.79 Å². The maximum atomic E-state index is 12.4. The smallest absolute Gasteiger partial charge is 0.411 e. The highest BCUT2D eigenvalue weighted by atomic mass is 32.2. The molecule has 23 heavy (non-hydrogen) atoms. The van der Waals surface area contributed by atoms with Crippen molar-refractivity contribution in [3.63, 3.8) is 0 Å². The average Bonchev–Trinajstić information content (AvgIpc) is 2.55. The van der Waals surface area contributed by atoms with Gasteiger partial charge < -0.3 is 4.74 Å². The monoisotopic (exact) mass is 343 g/mol. The number of benzene rings is 2. The van der Waals surface area contributed by atoms with Crippen LogP contribution in [0.15, 0.2) is 46.2 Å². The summed E-state index contributed by atoms with van der Waals surface area (Å²) in [6.07, 6.45) is -0.265. The van der Waals surface area contributed by atoms with Crippen LogP contribution in [0.3, 0.4) is 0 Å². The number of hydrogen-bond donors (Lipinski definition) is 0. The molecular formula is C18H17NO2S2. The summed E-state index contributed by atoms with van der Waals surface area (Å²) in [5.74, 6) is 0. The van der Waals surface area contributed by atoms with Crippen LogP contribution in [-0.2, 0) is 4.74 Å². The van der Waals surface area contributed by atoms with Crippen LogP contribution in [-0.4, -0.2) is 18.1 Å². The van der Waals surface area contributed by atoms with Crippen LogP contribution in [0.2, 0.25) is 0 Å². The summed E-state index contributed by atoms with van der Waals surface area (Å²) in [4.78, 5) is 16.8. The number of ether oxygens (including phenoxy) is 1. The lowest BCUT2D eigenvalue weighted by Gasteiger charge is -2.45. The fraction of sp³-hybridized carbons (Fsp3) is 0.278. The van der Waals surface area contributed by atoms with Crippen molar-refractivity contribution in [3.05, 3.63) is 58.7 Å². The Labute approximate surface area is 144 Å². The highest BCUT2D eigenvalue weighted by molar-refractivity contribution is 8.01. The van der Waals surface area contributed by atoms with Gasteiger partial charge in [0.15, 0.2) is 0 Å². The maximum Gasteiger partial charge on any atom is 0.411 e. The molecule has 2 aliphatic heterocycles. The van der Waals surface area contributed by atoms with Crippen molar-refractivity contribution < 1.29 is 9.53 Å². The normalized spacial score (nSPS) is 21.4. The topological polar surface area (TPSA) is 29.5 Å². The summed E-state index contributed by atoms with van der Waals surface area (Å²) in [7, 11) is 1.45. The molecule has 4 rings (SSSR count). The Bertz CT molecular complexity index is 746. The molecule has 2 aromatic rings. The second-order valence-electron chi connectivity index (χ2n) is 5.90. The van der Waals surface area contributed by atoms with Crippen LogP contribution in [0.25, 0.3) is 0 Å². The zero-order valence-electron chi connectivity index (χ0n) is 13.2. The zero-order chi connectivity index (χ0) is 16.1. The molecule has 3 nitrogen and oxygen atoms in total. The molecule has 5 heteroatoms. The standard InChI is InChI=1S/C18H17NO2S2/c1-10-4-6-14-12(8-10)16-19(18(20)21-3)17(22-14)13-9-11(2)5-7-15(13)23-16/h4-9,16-17H,1-3H3/t16-,17-/m1/s1. The van der Waals surface area contributed by atoms with Gasteiger partial charge in [0.1, 0.15) is 10.7 Å². The predicted molar refractivity (Wildman–Crippen MR) is 93.8 cm³/mol. The first-order chi connectivity index (χ1) is 11.1. The molecule has 2 bridgehead atoms.